The minimum Gasteiger partial charge on any atom is -0.390 e. The van der Waals surface area contributed by atoms with Gasteiger partial charge in [-0.05, 0) is 31.6 Å². The summed E-state index contributed by atoms with van der Waals surface area (Å²) in [5.74, 6) is 0.585. The first-order chi connectivity index (χ1) is 8.59. The summed E-state index contributed by atoms with van der Waals surface area (Å²) in [6.07, 6.45) is 6.34. The van der Waals surface area contributed by atoms with Gasteiger partial charge in [-0.3, -0.25) is 4.79 Å². The molecule has 2 rings (SSSR count). The van der Waals surface area contributed by atoms with Gasteiger partial charge in [0.1, 0.15) is 0 Å². The standard InChI is InChI=1S/C14H25NO3/c1-15(8-7-14(17)5-2-3-6-14)13(16)10-12-4-9-18-11-12/h12,17H,2-11H2,1H3. The lowest BCUT2D eigenvalue weighted by Crippen LogP contribution is -2.35. The highest BCUT2D eigenvalue weighted by molar-refractivity contribution is 5.76. The summed E-state index contributed by atoms with van der Waals surface area (Å²) in [6, 6.07) is 0. The lowest BCUT2D eigenvalue weighted by atomic mass is 9.97. The molecule has 0 aromatic rings. The Hall–Kier alpha value is -0.610. The van der Waals surface area contributed by atoms with Crippen molar-refractivity contribution in [1.29, 1.82) is 0 Å². The van der Waals surface area contributed by atoms with Gasteiger partial charge in [-0.15, -0.1) is 0 Å². The molecule has 4 nitrogen and oxygen atoms in total. The fourth-order valence-corrected chi connectivity index (χ4v) is 2.93. The molecule has 1 saturated carbocycles. The summed E-state index contributed by atoms with van der Waals surface area (Å²) in [4.78, 5) is 13.8. The monoisotopic (exact) mass is 255 g/mol. The summed E-state index contributed by atoms with van der Waals surface area (Å²) < 4.78 is 5.28. The van der Waals surface area contributed by atoms with Gasteiger partial charge >= 0.3 is 0 Å². The zero-order chi connectivity index (χ0) is 13.0. The van der Waals surface area contributed by atoms with Crippen LogP contribution in [-0.4, -0.2) is 48.3 Å². The van der Waals surface area contributed by atoms with Crippen LogP contribution < -0.4 is 0 Å². The Morgan fingerprint density at radius 3 is 2.78 bits per heavy atom. The fourth-order valence-electron chi connectivity index (χ4n) is 2.93. The van der Waals surface area contributed by atoms with E-state index in [2.05, 4.69) is 0 Å². The summed E-state index contributed by atoms with van der Waals surface area (Å²) in [5.41, 5.74) is -0.509. The van der Waals surface area contributed by atoms with Crippen LogP contribution in [0.2, 0.25) is 0 Å². The van der Waals surface area contributed by atoms with Gasteiger partial charge in [0.25, 0.3) is 0 Å². The van der Waals surface area contributed by atoms with Crippen LogP contribution in [0.4, 0.5) is 0 Å². The SMILES string of the molecule is CN(CCC1(O)CCCC1)C(=O)CC1CCOC1. The van der Waals surface area contributed by atoms with Crippen LogP contribution in [0.1, 0.15) is 44.9 Å². The number of carbonyl (C=O) groups excluding carboxylic acids is 1. The maximum atomic E-state index is 12.0. The number of carbonyl (C=O) groups is 1. The molecule has 1 heterocycles. The predicted octanol–water partition coefficient (Wildman–Crippen LogP) is 1.57. The molecule has 2 fully saturated rings. The molecule has 0 bridgehead atoms. The lowest BCUT2D eigenvalue weighted by Gasteiger charge is -2.26. The minimum absolute atomic E-state index is 0.187. The van der Waals surface area contributed by atoms with E-state index in [9.17, 15) is 9.90 Å². The third kappa shape index (κ3) is 3.69. The molecule has 1 unspecified atom stereocenters. The second kappa shape index (κ2) is 6.02. The Morgan fingerprint density at radius 2 is 2.17 bits per heavy atom. The number of ether oxygens (including phenoxy) is 1. The molecule has 0 aromatic carbocycles. The van der Waals surface area contributed by atoms with E-state index in [4.69, 9.17) is 4.74 Å². The molecule has 1 aliphatic heterocycles. The van der Waals surface area contributed by atoms with Crippen molar-refractivity contribution < 1.29 is 14.6 Å². The van der Waals surface area contributed by atoms with Gasteiger partial charge in [0.2, 0.25) is 5.91 Å². The molecule has 18 heavy (non-hydrogen) atoms. The molecule has 1 atom stereocenters. The molecule has 0 spiro atoms. The largest absolute Gasteiger partial charge is 0.390 e. The predicted molar refractivity (Wildman–Crippen MR) is 69.2 cm³/mol. The smallest absolute Gasteiger partial charge is 0.222 e. The number of hydrogen-bond acceptors (Lipinski definition) is 3. The number of nitrogens with zero attached hydrogens (tertiary/aromatic N) is 1. The zero-order valence-corrected chi connectivity index (χ0v) is 11.4. The van der Waals surface area contributed by atoms with E-state index >= 15 is 0 Å². The average molecular weight is 255 g/mol. The quantitative estimate of drug-likeness (QED) is 0.811. The fraction of sp³-hybridized carbons (Fsp3) is 0.929. The molecule has 2 aliphatic rings. The molecular formula is C14H25NO3. The van der Waals surface area contributed by atoms with Crippen molar-refractivity contribution in [1.82, 2.24) is 4.90 Å². The van der Waals surface area contributed by atoms with Crippen molar-refractivity contribution in [3.05, 3.63) is 0 Å². The minimum atomic E-state index is -0.509. The highest BCUT2D eigenvalue weighted by atomic mass is 16.5. The zero-order valence-electron chi connectivity index (χ0n) is 11.4. The van der Waals surface area contributed by atoms with Crippen LogP contribution >= 0.6 is 0 Å². The van der Waals surface area contributed by atoms with Gasteiger partial charge in [0.15, 0.2) is 0 Å². The molecule has 0 aromatic heterocycles. The normalized spacial score (nSPS) is 26.4. The van der Waals surface area contributed by atoms with E-state index in [1.807, 2.05) is 7.05 Å². The maximum Gasteiger partial charge on any atom is 0.222 e. The third-order valence-electron chi connectivity index (χ3n) is 4.36. The molecule has 1 N–H and O–H groups in total. The van der Waals surface area contributed by atoms with Crippen molar-refractivity contribution in [3.63, 3.8) is 0 Å². The van der Waals surface area contributed by atoms with Crippen LogP contribution in [0, 0.1) is 5.92 Å². The van der Waals surface area contributed by atoms with Gasteiger partial charge in [-0.1, -0.05) is 12.8 Å². The molecule has 1 saturated heterocycles. The van der Waals surface area contributed by atoms with E-state index in [0.717, 1.165) is 51.7 Å². The first-order valence-corrected chi connectivity index (χ1v) is 7.13. The lowest BCUT2D eigenvalue weighted by molar-refractivity contribution is -0.131. The second-order valence-corrected chi connectivity index (χ2v) is 5.93. The first-order valence-electron chi connectivity index (χ1n) is 7.13. The Bertz CT molecular complexity index is 281. The summed E-state index contributed by atoms with van der Waals surface area (Å²) in [7, 11) is 1.84. The van der Waals surface area contributed by atoms with Crippen molar-refractivity contribution in [2.45, 2.75) is 50.5 Å². The Morgan fingerprint density at radius 1 is 1.44 bits per heavy atom. The molecule has 1 aliphatic carbocycles. The van der Waals surface area contributed by atoms with E-state index in [0.29, 0.717) is 18.9 Å². The van der Waals surface area contributed by atoms with E-state index in [1.165, 1.54) is 0 Å². The van der Waals surface area contributed by atoms with Crippen molar-refractivity contribution in [2.75, 3.05) is 26.8 Å². The van der Waals surface area contributed by atoms with Crippen molar-refractivity contribution in [2.24, 2.45) is 5.92 Å². The average Bonchev–Trinajstić information content (AvgIpc) is 2.98. The van der Waals surface area contributed by atoms with Gasteiger partial charge < -0.3 is 14.7 Å². The molecule has 104 valence electrons. The van der Waals surface area contributed by atoms with E-state index < -0.39 is 5.60 Å². The number of aliphatic hydroxyl groups is 1. The summed E-state index contributed by atoms with van der Waals surface area (Å²) >= 11 is 0. The van der Waals surface area contributed by atoms with Crippen LogP contribution in [0.5, 0.6) is 0 Å². The number of amides is 1. The van der Waals surface area contributed by atoms with Crippen LogP contribution in [0.25, 0.3) is 0 Å². The van der Waals surface area contributed by atoms with Crippen LogP contribution in [0.15, 0.2) is 0 Å². The highest BCUT2D eigenvalue weighted by Crippen LogP contribution is 2.32. The van der Waals surface area contributed by atoms with Gasteiger partial charge in [-0.25, -0.2) is 0 Å². The maximum absolute atomic E-state index is 12.0. The molecule has 4 heteroatoms. The van der Waals surface area contributed by atoms with Crippen molar-refractivity contribution >= 4 is 5.91 Å². The van der Waals surface area contributed by atoms with E-state index in [-0.39, 0.29) is 5.91 Å². The van der Waals surface area contributed by atoms with Gasteiger partial charge in [0.05, 0.1) is 5.60 Å². The van der Waals surface area contributed by atoms with Gasteiger partial charge in [0, 0.05) is 33.2 Å². The second-order valence-electron chi connectivity index (χ2n) is 5.93. The van der Waals surface area contributed by atoms with Crippen LogP contribution in [0.3, 0.4) is 0 Å². The number of hydrogen-bond donors (Lipinski definition) is 1. The topological polar surface area (TPSA) is 49.8 Å². The summed E-state index contributed by atoms with van der Waals surface area (Å²) in [5, 5.41) is 10.2. The summed E-state index contributed by atoms with van der Waals surface area (Å²) in [6.45, 7) is 2.19. The Labute approximate surface area is 109 Å². The molecular weight excluding hydrogens is 230 g/mol. The van der Waals surface area contributed by atoms with Crippen LogP contribution in [-0.2, 0) is 9.53 Å². The Kier molecular flexibility index (Phi) is 4.62. The third-order valence-corrected chi connectivity index (χ3v) is 4.36. The highest BCUT2D eigenvalue weighted by Gasteiger charge is 2.31. The molecule has 0 radical (unpaired) electrons. The number of rotatable bonds is 5. The Balaban J connectivity index is 1.69. The molecule has 1 amide bonds. The van der Waals surface area contributed by atoms with Crippen molar-refractivity contribution in [3.8, 4) is 0 Å². The van der Waals surface area contributed by atoms with Gasteiger partial charge in [-0.2, -0.15) is 0 Å². The first kappa shape index (κ1) is 13.8. The van der Waals surface area contributed by atoms with E-state index in [1.54, 1.807) is 4.90 Å².